The van der Waals surface area contributed by atoms with Crippen molar-refractivity contribution in [2.24, 2.45) is 0 Å². The Balaban J connectivity index is 1.84. The lowest BCUT2D eigenvalue weighted by Crippen LogP contribution is -2.18. The first-order valence-electron chi connectivity index (χ1n) is 6.94. The molecule has 0 spiro atoms. The molecule has 1 N–H and O–H groups in total. The van der Waals surface area contributed by atoms with Gasteiger partial charge in [0.2, 0.25) is 0 Å². The average molecular weight is 298 g/mol. The Morgan fingerprint density at radius 3 is 2.86 bits per heavy atom. The van der Waals surface area contributed by atoms with Gasteiger partial charge in [0.25, 0.3) is 0 Å². The summed E-state index contributed by atoms with van der Waals surface area (Å²) in [5.41, 5.74) is 2.15. The summed E-state index contributed by atoms with van der Waals surface area (Å²) in [7, 11) is 3.68. The van der Waals surface area contributed by atoms with Crippen LogP contribution in [0.15, 0.2) is 47.8 Å². The van der Waals surface area contributed by atoms with Crippen LogP contribution in [0.5, 0.6) is 5.75 Å². The van der Waals surface area contributed by atoms with Crippen molar-refractivity contribution in [1.82, 2.24) is 10.3 Å². The maximum atomic E-state index is 5.26. The van der Waals surface area contributed by atoms with Gasteiger partial charge in [-0.3, -0.25) is 4.98 Å². The lowest BCUT2D eigenvalue weighted by atomic mass is 10.1. The third-order valence-electron chi connectivity index (χ3n) is 3.59. The summed E-state index contributed by atoms with van der Waals surface area (Å²) in [5, 5.41) is 6.58. The molecule has 2 heterocycles. The fraction of sp³-hybridized carbons (Fsp3) is 0.235. The summed E-state index contributed by atoms with van der Waals surface area (Å²) in [4.78, 5) is 6.02. The van der Waals surface area contributed by atoms with Gasteiger partial charge in [0.05, 0.1) is 12.6 Å². The molecular weight excluding hydrogens is 280 g/mol. The maximum absolute atomic E-state index is 5.26. The molecular formula is C17H18N2OS. The van der Waals surface area contributed by atoms with E-state index in [0.717, 1.165) is 23.4 Å². The number of likely N-dealkylation sites (N-methyl/N-ethyl adjacent to an activating group) is 1. The molecule has 1 aromatic carbocycles. The predicted octanol–water partition coefficient (Wildman–Crippen LogP) is 3.81. The summed E-state index contributed by atoms with van der Waals surface area (Å²) >= 11 is 1.71. The number of pyridine rings is 1. The molecule has 3 rings (SSSR count). The van der Waals surface area contributed by atoms with E-state index >= 15 is 0 Å². The molecule has 1 atom stereocenters. The molecule has 0 aliphatic rings. The van der Waals surface area contributed by atoms with E-state index < -0.39 is 0 Å². The van der Waals surface area contributed by atoms with Crippen molar-refractivity contribution in [3.8, 4) is 5.75 Å². The molecule has 0 fully saturated rings. The smallest absolute Gasteiger partial charge is 0.129 e. The zero-order valence-electron chi connectivity index (χ0n) is 12.2. The van der Waals surface area contributed by atoms with Gasteiger partial charge in [-0.05, 0) is 25.2 Å². The highest BCUT2D eigenvalue weighted by Crippen LogP contribution is 2.28. The SMILES string of the molecule is CNC(Cc1ccc2ccccc2n1)c1cc(OC)cs1. The highest BCUT2D eigenvalue weighted by atomic mass is 32.1. The Bertz CT molecular complexity index is 738. The first-order chi connectivity index (χ1) is 10.3. The van der Waals surface area contributed by atoms with Gasteiger partial charge in [-0.15, -0.1) is 11.3 Å². The van der Waals surface area contributed by atoms with Gasteiger partial charge in [0.15, 0.2) is 0 Å². The van der Waals surface area contributed by atoms with E-state index in [2.05, 4.69) is 35.6 Å². The zero-order valence-corrected chi connectivity index (χ0v) is 13.0. The second-order valence-corrected chi connectivity index (χ2v) is 5.87. The van der Waals surface area contributed by atoms with E-state index in [0.29, 0.717) is 0 Å². The van der Waals surface area contributed by atoms with Crippen LogP contribution in [0.2, 0.25) is 0 Å². The largest absolute Gasteiger partial charge is 0.496 e. The minimum absolute atomic E-state index is 0.257. The van der Waals surface area contributed by atoms with Gasteiger partial charge in [-0.25, -0.2) is 0 Å². The number of benzene rings is 1. The van der Waals surface area contributed by atoms with E-state index in [1.807, 2.05) is 24.6 Å². The topological polar surface area (TPSA) is 34.2 Å². The normalized spacial score (nSPS) is 12.5. The molecule has 108 valence electrons. The number of ether oxygens (including phenoxy) is 1. The molecule has 0 saturated carbocycles. The number of aromatic nitrogens is 1. The molecule has 0 aliphatic carbocycles. The molecule has 4 heteroatoms. The number of para-hydroxylation sites is 1. The lowest BCUT2D eigenvalue weighted by Gasteiger charge is -2.14. The minimum Gasteiger partial charge on any atom is -0.496 e. The predicted molar refractivity (Wildman–Crippen MR) is 88.1 cm³/mol. The van der Waals surface area contributed by atoms with Gasteiger partial charge >= 0.3 is 0 Å². The maximum Gasteiger partial charge on any atom is 0.129 e. The molecule has 2 aromatic heterocycles. The third-order valence-corrected chi connectivity index (χ3v) is 4.62. The molecule has 1 unspecified atom stereocenters. The van der Waals surface area contributed by atoms with Crippen molar-refractivity contribution in [2.75, 3.05) is 14.2 Å². The summed E-state index contributed by atoms with van der Waals surface area (Å²) in [6.45, 7) is 0. The van der Waals surface area contributed by atoms with Gasteiger partial charge in [-0.2, -0.15) is 0 Å². The van der Waals surface area contributed by atoms with E-state index in [1.54, 1.807) is 18.4 Å². The number of nitrogens with zero attached hydrogens (tertiary/aromatic N) is 1. The number of hydrogen-bond donors (Lipinski definition) is 1. The summed E-state index contributed by atoms with van der Waals surface area (Å²) in [6, 6.07) is 14.8. The average Bonchev–Trinajstić information content (AvgIpc) is 3.01. The molecule has 21 heavy (non-hydrogen) atoms. The Morgan fingerprint density at radius 2 is 2.10 bits per heavy atom. The standard InChI is InChI=1S/C17H18N2OS/c1-18-16(17-10-14(20-2)11-21-17)9-13-8-7-12-5-3-4-6-15(12)19-13/h3-8,10-11,16,18H,9H2,1-2H3. The van der Waals surface area contributed by atoms with Gasteiger partial charge in [0.1, 0.15) is 5.75 Å². The number of hydrogen-bond acceptors (Lipinski definition) is 4. The first-order valence-corrected chi connectivity index (χ1v) is 7.82. The zero-order chi connectivity index (χ0) is 14.7. The monoisotopic (exact) mass is 298 g/mol. The third kappa shape index (κ3) is 3.06. The number of rotatable bonds is 5. The Hall–Kier alpha value is -1.91. The van der Waals surface area contributed by atoms with Crippen LogP contribution in [0.25, 0.3) is 10.9 Å². The van der Waals surface area contributed by atoms with E-state index in [4.69, 9.17) is 9.72 Å². The molecule has 0 aliphatic heterocycles. The summed E-state index contributed by atoms with van der Waals surface area (Å²) < 4.78 is 5.26. The summed E-state index contributed by atoms with van der Waals surface area (Å²) in [6.07, 6.45) is 0.866. The van der Waals surface area contributed by atoms with Crippen molar-refractivity contribution < 1.29 is 4.74 Å². The second kappa shape index (κ2) is 6.24. The van der Waals surface area contributed by atoms with Gasteiger partial charge in [-0.1, -0.05) is 24.3 Å². The minimum atomic E-state index is 0.257. The van der Waals surface area contributed by atoms with Crippen LogP contribution in [0, 0.1) is 0 Å². The van der Waals surface area contributed by atoms with Crippen molar-refractivity contribution in [3.05, 3.63) is 58.4 Å². The molecule has 0 bridgehead atoms. The number of fused-ring (bicyclic) bond motifs is 1. The molecule has 0 radical (unpaired) electrons. The van der Waals surface area contributed by atoms with Crippen LogP contribution in [0.4, 0.5) is 0 Å². The Kier molecular flexibility index (Phi) is 4.18. The fourth-order valence-corrected chi connectivity index (χ4v) is 3.37. The van der Waals surface area contributed by atoms with Crippen LogP contribution in [0.1, 0.15) is 16.6 Å². The van der Waals surface area contributed by atoms with E-state index in [-0.39, 0.29) is 6.04 Å². The van der Waals surface area contributed by atoms with Crippen LogP contribution in [-0.4, -0.2) is 19.1 Å². The van der Waals surface area contributed by atoms with Crippen molar-refractivity contribution in [2.45, 2.75) is 12.5 Å². The molecule has 0 amide bonds. The first kappa shape index (κ1) is 14.0. The number of thiophene rings is 1. The second-order valence-electron chi connectivity index (χ2n) is 4.93. The van der Waals surface area contributed by atoms with Crippen molar-refractivity contribution in [1.29, 1.82) is 0 Å². The lowest BCUT2D eigenvalue weighted by molar-refractivity contribution is 0.416. The molecule has 3 nitrogen and oxygen atoms in total. The highest BCUT2D eigenvalue weighted by molar-refractivity contribution is 7.10. The van der Waals surface area contributed by atoms with Gasteiger partial charge < -0.3 is 10.1 Å². The molecule has 3 aromatic rings. The summed E-state index contributed by atoms with van der Waals surface area (Å²) in [5.74, 6) is 0.918. The fourth-order valence-electron chi connectivity index (χ4n) is 2.40. The highest BCUT2D eigenvalue weighted by Gasteiger charge is 2.14. The van der Waals surface area contributed by atoms with Crippen LogP contribution in [-0.2, 0) is 6.42 Å². The van der Waals surface area contributed by atoms with Crippen LogP contribution in [0.3, 0.4) is 0 Å². The quantitative estimate of drug-likeness (QED) is 0.778. The Labute approximate surface area is 128 Å². The van der Waals surface area contributed by atoms with Crippen molar-refractivity contribution >= 4 is 22.2 Å². The van der Waals surface area contributed by atoms with Gasteiger partial charge in [0, 0.05) is 33.8 Å². The van der Waals surface area contributed by atoms with Crippen molar-refractivity contribution in [3.63, 3.8) is 0 Å². The van der Waals surface area contributed by atoms with E-state index in [1.165, 1.54) is 10.3 Å². The Morgan fingerprint density at radius 1 is 1.24 bits per heavy atom. The number of nitrogens with one attached hydrogen (secondary N) is 1. The van der Waals surface area contributed by atoms with E-state index in [9.17, 15) is 0 Å². The van der Waals surface area contributed by atoms with Crippen LogP contribution >= 0.6 is 11.3 Å². The van der Waals surface area contributed by atoms with Crippen LogP contribution < -0.4 is 10.1 Å². The molecule has 0 saturated heterocycles. The number of methoxy groups -OCH3 is 1.